The Balaban J connectivity index is 1.23. The number of aromatic nitrogens is 1. The summed E-state index contributed by atoms with van der Waals surface area (Å²) in [5.74, 6) is 2.33. The molecule has 0 atom stereocenters. The van der Waals surface area contributed by atoms with Crippen molar-refractivity contribution in [3.63, 3.8) is 0 Å². The van der Waals surface area contributed by atoms with Crippen molar-refractivity contribution in [2.75, 3.05) is 33.4 Å². The summed E-state index contributed by atoms with van der Waals surface area (Å²) in [6.07, 6.45) is 5.32. The van der Waals surface area contributed by atoms with E-state index in [0.29, 0.717) is 36.4 Å². The van der Waals surface area contributed by atoms with Gasteiger partial charge < -0.3 is 19.1 Å². The fraction of sp³-hybridized carbons (Fsp3) is 0.333. The van der Waals surface area contributed by atoms with Gasteiger partial charge in [0.15, 0.2) is 11.5 Å². The molecule has 31 heavy (non-hydrogen) atoms. The maximum absolute atomic E-state index is 12.7. The minimum Gasteiger partial charge on any atom is -0.493 e. The Morgan fingerprint density at radius 1 is 1.19 bits per heavy atom. The van der Waals surface area contributed by atoms with Crippen molar-refractivity contribution < 1.29 is 19.0 Å². The van der Waals surface area contributed by atoms with E-state index in [1.165, 1.54) is 9.71 Å². The molecule has 7 heteroatoms. The quantitative estimate of drug-likeness (QED) is 0.564. The molecule has 2 aromatic carbocycles. The SMILES string of the molecule is COc1cc(/C=C/C(=O)N2CCC(c3nc4ccccc4s3)CC2)cc2c1OCCO2. The van der Waals surface area contributed by atoms with Crippen LogP contribution in [0.15, 0.2) is 42.5 Å². The van der Waals surface area contributed by atoms with Crippen molar-refractivity contribution in [3.05, 3.63) is 53.0 Å². The van der Waals surface area contributed by atoms with Gasteiger partial charge in [0, 0.05) is 25.1 Å². The lowest BCUT2D eigenvalue weighted by atomic mass is 9.97. The number of carbonyl (C=O) groups excluding carboxylic acids is 1. The molecule has 2 aliphatic rings. The Morgan fingerprint density at radius 2 is 2.00 bits per heavy atom. The molecule has 1 fully saturated rings. The lowest BCUT2D eigenvalue weighted by Gasteiger charge is -2.30. The molecular weight excluding hydrogens is 412 g/mol. The summed E-state index contributed by atoms with van der Waals surface area (Å²) >= 11 is 1.77. The van der Waals surface area contributed by atoms with E-state index in [0.717, 1.165) is 37.0 Å². The first-order chi connectivity index (χ1) is 15.2. The first-order valence-corrected chi connectivity index (χ1v) is 11.3. The van der Waals surface area contributed by atoms with Crippen LogP contribution in [0.1, 0.15) is 29.3 Å². The van der Waals surface area contributed by atoms with Crippen molar-refractivity contribution in [3.8, 4) is 17.2 Å². The standard InChI is InChI=1S/C24H24N2O4S/c1-28-19-14-16(15-20-23(19)30-13-12-29-20)6-7-22(27)26-10-8-17(9-11-26)24-25-18-4-2-3-5-21(18)31-24/h2-7,14-15,17H,8-13H2,1H3/b7-6+. The van der Waals surface area contributed by atoms with Gasteiger partial charge in [-0.25, -0.2) is 4.98 Å². The van der Waals surface area contributed by atoms with Crippen LogP contribution in [0.25, 0.3) is 16.3 Å². The molecule has 3 heterocycles. The molecule has 2 aliphatic heterocycles. The zero-order valence-electron chi connectivity index (χ0n) is 17.4. The molecule has 0 bridgehead atoms. The molecule has 0 radical (unpaired) electrons. The Bertz CT molecular complexity index is 1080. The molecule has 5 rings (SSSR count). The van der Waals surface area contributed by atoms with Crippen LogP contribution in [0.4, 0.5) is 0 Å². The summed E-state index contributed by atoms with van der Waals surface area (Å²) in [6.45, 7) is 2.50. The highest BCUT2D eigenvalue weighted by Crippen LogP contribution is 2.40. The number of carbonyl (C=O) groups is 1. The number of fused-ring (bicyclic) bond motifs is 2. The number of thiazole rings is 1. The molecule has 1 aromatic heterocycles. The van der Waals surface area contributed by atoms with Crippen LogP contribution in [-0.4, -0.2) is 49.2 Å². The van der Waals surface area contributed by atoms with E-state index >= 15 is 0 Å². The molecule has 1 amide bonds. The largest absolute Gasteiger partial charge is 0.493 e. The number of benzene rings is 2. The number of likely N-dealkylation sites (tertiary alicyclic amines) is 1. The molecular formula is C24H24N2O4S. The first kappa shape index (κ1) is 19.9. The van der Waals surface area contributed by atoms with Gasteiger partial charge in [-0.3, -0.25) is 4.79 Å². The number of ether oxygens (including phenoxy) is 3. The highest BCUT2D eigenvalue weighted by molar-refractivity contribution is 7.18. The number of methoxy groups -OCH3 is 1. The number of piperidine rings is 1. The third-order valence-corrected chi connectivity index (χ3v) is 6.93. The predicted molar refractivity (Wildman–Crippen MR) is 121 cm³/mol. The Hall–Kier alpha value is -3.06. The summed E-state index contributed by atoms with van der Waals surface area (Å²) in [5, 5.41) is 1.19. The van der Waals surface area contributed by atoms with E-state index in [1.807, 2.05) is 29.2 Å². The summed E-state index contributed by atoms with van der Waals surface area (Å²) < 4.78 is 17.9. The Labute approximate surface area is 185 Å². The Kier molecular flexibility index (Phi) is 5.51. The van der Waals surface area contributed by atoms with Crippen LogP contribution in [-0.2, 0) is 4.79 Å². The van der Waals surface area contributed by atoms with Gasteiger partial charge in [0.05, 0.1) is 22.3 Å². The van der Waals surface area contributed by atoms with Crippen LogP contribution in [0.5, 0.6) is 17.2 Å². The van der Waals surface area contributed by atoms with Crippen molar-refractivity contribution in [2.24, 2.45) is 0 Å². The zero-order chi connectivity index (χ0) is 21.2. The second-order valence-electron chi connectivity index (χ2n) is 7.70. The molecule has 0 spiro atoms. The van der Waals surface area contributed by atoms with Gasteiger partial charge in [0.25, 0.3) is 0 Å². The van der Waals surface area contributed by atoms with Crippen LogP contribution in [0.2, 0.25) is 0 Å². The number of hydrogen-bond acceptors (Lipinski definition) is 6. The lowest BCUT2D eigenvalue weighted by Crippen LogP contribution is -2.36. The third-order valence-electron chi connectivity index (χ3n) is 5.73. The lowest BCUT2D eigenvalue weighted by molar-refractivity contribution is -0.126. The summed E-state index contributed by atoms with van der Waals surface area (Å²) in [5.41, 5.74) is 1.91. The smallest absolute Gasteiger partial charge is 0.246 e. The highest BCUT2D eigenvalue weighted by atomic mass is 32.1. The van der Waals surface area contributed by atoms with E-state index in [-0.39, 0.29) is 5.91 Å². The van der Waals surface area contributed by atoms with Gasteiger partial charge >= 0.3 is 0 Å². The van der Waals surface area contributed by atoms with E-state index in [1.54, 1.807) is 24.5 Å². The second kappa shape index (κ2) is 8.59. The van der Waals surface area contributed by atoms with Crippen molar-refractivity contribution in [2.45, 2.75) is 18.8 Å². The second-order valence-corrected chi connectivity index (χ2v) is 8.76. The molecule has 1 saturated heterocycles. The summed E-state index contributed by atoms with van der Waals surface area (Å²) in [6, 6.07) is 12.0. The van der Waals surface area contributed by atoms with Crippen LogP contribution in [0.3, 0.4) is 0 Å². The molecule has 0 N–H and O–H groups in total. The Morgan fingerprint density at radius 3 is 2.81 bits per heavy atom. The van der Waals surface area contributed by atoms with Crippen molar-refractivity contribution in [1.29, 1.82) is 0 Å². The van der Waals surface area contributed by atoms with Gasteiger partial charge in [-0.15, -0.1) is 11.3 Å². The molecule has 0 saturated carbocycles. The minimum atomic E-state index is 0.0246. The average Bonchev–Trinajstić information content (AvgIpc) is 3.26. The minimum absolute atomic E-state index is 0.0246. The maximum atomic E-state index is 12.7. The van der Waals surface area contributed by atoms with Crippen LogP contribution in [0, 0.1) is 0 Å². The van der Waals surface area contributed by atoms with Crippen molar-refractivity contribution in [1.82, 2.24) is 9.88 Å². The van der Waals surface area contributed by atoms with Gasteiger partial charge in [-0.1, -0.05) is 12.1 Å². The summed E-state index contributed by atoms with van der Waals surface area (Å²) in [7, 11) is 1.60. The normalized spacial score (nSPS) is 16.7. The van der Waals surface area contributed by atoms with E-state index in [2.05, 4.69) is 18.2 Å². The van der Waals surface area contributed by atoms with E-state index in [9.17, 15) is 4.79 Å². The summed E-state index contributed by atoms with van der Waals surface area (Å²) in [4.78, 5) is 19.5. The van der Waals surface area contributed by atoms with Gasteiger partial charge in [-0.05, 0) is 48.7 Å². The highest BCUT2D eigenvalue weighted by Gasteiger charge is 2.25. The van der Waals surface area contributed by atoms with E-state index < -0.39 is 0 Å². The van der Waals surface area contributed by atoms with Gasteiger partial charge in [0.1, 0.15) is 13.2 Å². The third kappa shape index (κ3) is 4.10. The fourth-order valence-corrected chi connectivity index (χ4v) is 5.21. The topological polar surface area (TPSA) is 60.9 Å². The fourth-order valence-electron chi connectivity index (χ4n) is 4.07. The monoisotopic (exact) mass is 436 g/mol. The number of hydrogen-bond donors (Lipinski definition) is 0. The number of nitrogens with zero attached hydrogens (tertiary/aromatic N) is 2. The van der Waals surface area contributed by atoms with Crippen LogP contribution >= 0.6 is 11.3 Å². The number of amides is 1. The average molecular weight is 437 g/mol. The number of para-hydroxylation sites is 1. The first-order valence-electron chi connectivity index (χ1n) is 10.5. The number of rotatable bonds is 4. The predicted octanol–water partition coefficient (Wildman–Crippen LogP) is 4.50. The molecule has 6 nitrogen and oxygen atoms in total. The molecule has 160 valence electrons. The van der Waals surface area contributed by atoms with E-state index in [4.69, 9.17) is 19.2 Å². The molecule has 0 aliphatic carbocycles. The van der Waals surface area contributed by atoms with Gasteiger partial charge in [0.2, 0.25) is 11.7 Å². The zero-order valence-corrected chi connectivity index (χ0v) is 18.2. The van der Waals surface area contributed by atoms with Gasteiger partial charge in [-0.2, -0.15) is 0 Å². The van der Waals surface area contributed by atoms with Crippen molar-refractivity contribution >= 4 is 33.5 Å². The van der Waals surface area contributed by atoms with Crippen LogP contribution < -0.4 is 14.2 Å². The molecule has 3 aromatic rings. The molecule has 0 unspecified atom stereocenters. The maximum Gasteiger partial charge on any atom is 0.246 e.